The smallest absolute Gasteiger partial charge is 0.310 e. The first-order valence-corrected chi connectivity index (χ1v) is 5.95. The quantitative estimate of drug-likeness (QED) is 0.668. The maximum absolute atomic E-state index is 11.6. The van der Waals surface area contributed by atoms with Crippen molar-refractivity contribution < 1.29 is 9.53 Å². The van der Waals surface area contributed by atoms with Crippen LogP contribution in [0.3, 0.4) is 0 Å². The summed E-state index contributed by atoms with van der Waals surface area (Å²) in [6.45, 7) is 4.17. The summed E-state index contributed by atoms with van der Waals surface area (Å²) in [5.41, 5.74) is 0. The van der Waals surface area contributed by atoms with Crippen LogP contribution < -0.4 is 0 Å². The Balaban J connectivity index is 2.53. The second-order valence-electron chi connectivity index (χ2n) is 4.58. The molecule has 0 radical (unpaired) electrons. The monoisotopic (exact) mass is 213 g/mol. The molecule has 3 heteroatoms. The molecule has 0 aromatic heterocycles. The van der Waals surface area contributed by atoms with Crippen molar-refractivity contribution in [3.05, 3.63) is 0 Å². The molecular formula is C12H23NO2. The van der Waals surface area contributed by atoms with Gasteiger partial charge < -0.3 is 9.64 Å². The van der Waals surface area contributed by atoms with Crippen LogP contribution >= 0.6 is 0 Å². The minimum atomic E-state index is -0.0253. The summed E-state index contributed by atoms with van der Waals surface area (Å²) in [6, 6.07) is 0. The van der Waals surface area contributed by atoms with E-state index < -0.39 is 0 Å². The molecule has 15 heavy (non-hydrogen) atoms. The Bertz CT molecular complexity index is 204. The Labute approximate surface area is 92.8 Å². The van der Waals surface area contributed by atoms with Gasteiger partial charge in [-0.3, -0.25) is 4.79 Å². The van der Waals surface area contributed by atoms with Gasteiger partial charge in [-0.2, -0.15) is 0 Å². The van der Waals surface area contributed by atoms with Crippen LogP contribution in [-0.4, -0.2) is 38.1 Å². The molecule has 0 spiro atoms. The molecular weight excluding hydrogens is 190 g/mol. The highest BCUT2D eigenvalue weighted by atomic mass is 16.5. The highest BCUT2D eigenvalue weighted by Gasteiger charge is 2.33. The van der Waals surface area contributed by atoms with E-state index in [-0.39, 0.29) is 11.9 Å². The Hall–Kier alpha value is -0.570. The van der Waals surface area contributed by atoms with Crippen molar-refractivity contribution in [2.45, 2.75) is 32.6 Å². The van der Waals surface area contributed by atoms with Gasteiger partial charge >= 0.3 is 5.97 Å². The van der Waals surface area contributed by atoms with Gasteiger partial charge in [-0.15, -0.1) is 0 Å². The molecule has 1 saturated heterocycles. The third-order valence-electron chi connectivity index (χ3n) is 3.39. The number of hydrogen-bond acceptors (Lipinski definition) is 3. The molecule has 2 atom stereocenters. The predicted octanol–water partition coefficient (Wildman–Crippen LogP) is 1.92. The normalized spacial score (nSPS) is 27.7. The van der Waals surface area contributed by atoms with Gasteiger partial charge in [0.25, 0.3) is 0 Å². The van der Waals surface area contributed by atoms with E-state index in [0.717, 1.165) is 19.5 Å². The summed E-state index contributed by atoms with van der Waals surface area (Å²) >= 11 is 0. The van der Waals surface area contributed by atoms with Crippen LogP contribution in [0.5, 0.6) is 0 Å². The highest BCUT2D eigenvalue weighted by Crippen LogP contribution is 2.28. The summed E-state index contributed by atoms with van der Waals surface area (Å²) in [6.07, 6.45) is 4.74. The Morgan fingerprint density at radius 2 is 2.27 bits per heavy atom. The van der Waals surface area contributed by atoms with Crippen molar-refractivity contribution in [1.29, 1.82) is 0 Å². The maximum atomic E-state index is 11.6. The zero-order valence-corrected chi connectivity index (χ0v) is 10.2. The first-order chi connectivity index (χ1) is 7.19. The van der Waals surface area contributed by atoms with E-state index in [4.69, 9.17) is 4.74 Å². The number of methoxy groups -OCH3 is 1. The van der Waals surface area contributed by atoms with Crippen LogP contribution in [0.2, 0.25) is 0 Å². The largest absolute Gasteiger partial charge is 0.469 e. The van der Waals surface area contributed by atoms with E-state index in [2.05, 4.69) is 18.9 Å². The lowest BCUT2D eigenvalue weighted by molar-refractivity contribution is -0.149. The van der Waals surface area contributed by atoms with Crippen molar-refractivity contribution in [2.24, 2.45) is 11.8 Å². The van der Waals surface area contributed by atoms with Crippen molar-refractivity contribution in [1.82, 2.24) is 4.90 Å². The number of esters is 1. The molecule has 1 fully saturated rings. The van der Waals surface area contributed by atoms with Crippen LogP contribution in [0.4, 0.5) is 0 Å². The molecule has 0 aliphatic carbocycles. The molecule has 0 aromatic carbocycles. The fourth-order valence-corrected chi connectivity index (χ4v) is 2.39. The number of ether oxygens (including phenoxy) is 1. The lowest BCUT2D eigenvalue weighted by atomic mass is 9.82. The van der Waals surface area contributed by atoms with Crippen molar-refractivity contribution in [3.8, 4) is 0 Å². The van der Waals surface area contributed by atoms with E-state index in [0.29, 0.717) is 5.92 Å². The van der Waals surface area contributed by atoms with E-state index in [1.165, 1.54) is 26.4 Å². The molecule has 1 aliphatic rings. The highest BCUT2D eigenvalue weighted by molar-refractivity contribution is 5.73. The summed E-state index contributed by atoms with van der Waals surface area (Å²) in [5.74, 6) is 0.608. The lowest BCUT2D eigenvalue weighted by Crippen LogP contribution is -2.42. The fraction of sp³-hybridized carbons (Fsp3) is 0.917. The molecule has 3 nitrogen and oxygen atoms in total. The molecule has 1 heterocycles. The Morgan fingerprint density at radius 1 is 1.53 bits per heavy atom. The topological polar surface area (TPSA) is 29.5 Å². The number of piperidine rings is 1. The minimum Gasteiger partial charge on any atom is -0.469 e. The van der Waals surface area contributed by atoms with Crippen LogP contribution in [-0.2, 0) is 9.53 Å². The third kappa shape index (κ3) is 3.49. The minimum absolute atomic E-state index is 0.0253. The molecule has 0 amide bonds. The molecule has 1 rings (SSSR count). The molecule has 1 aliphatic heterocycles. The van der Waals surface area contributed by atoms with Gasteiger partial charge in [0.15, 0.2) is 0 Å². The first-order valence-electron chi connectivity index (χ1n) is 5.95. The van der Waals surface area contributed by atoms with Crippen LogP contribution in [0.15, 0.2) is 0 Å². The second-order valence-corrected chi connectivity index (χ2v) is 4.58. The van der Waals surface area contributed by atoms with Crippen LogP contribution in [0.25, 0.3) is 0 Å². The van der Waals surface area contributed by atoms with Crippen molar-refractivity contribution >= 4 is 5.97 Å². The fourth-order valence-electron chi connectivity index (χ4n) is 2.39. The van der Waals surface area contributed by atoms with Crippen LogP contribution in [0.1, 0.15) is 32.6 Å². The summed E-state index contributed by atoms with van der Waals surface area (Å²) in [4.78, 5) is 13.9. The number of nitrogens with zero attached hydrogens (tertiary/aromatic N) is 1. The van der Waals surface area contributed by atoms with E-state index >= 15 is 0 Å². The average Bonchev–Trinajstić information content (AvgIpc) is 2.26. The number of rotatable bonds is 4. The SMILES string of the molecule is CCCC[C@H]1CCN(C)C[C@H]1C(=O)OC. The Morgan fingerprint density at radius 3 is 2.87 bits per heavy atom. The van der Waals surface area contributed by atoms with E-state index in [9.17, 15) is 4.79 Å². The molecule has 0 N–H and O–H groups in total. The van der Waals surface area contributed by atoms with Gasteiger partial charge in [-0.25, -0.2) is 0 Å². The van der Waals surface area contributed by atoms with Gasteiger partial charge in [0.2, 0.25) is 0 Å². The molecule has 0 bridgehead atoms. The number of unbranched alkanes of at least 4 members (excludes halogenated alkanes) is 1. The van der Waals surface area contributed by atoms with E-state index in [1.807, 2.05) is 0 Å². The standard InChI is InChI=1S/C12H23NO2/c1-4-5-6-10-7-8-13(2)9-11(10)12(14)15-3/h10-11H,4-9H2,1-3H3/t10-,11+/m0/s1. The zero-order valence-electron chi connectivity index (χ0n) is 10.2. The van der Waals surface area contributed by atoms with Gasteiger partial charge in [0.1, 0.15) is 0 Å². The zero-order chi connectivity index (χ0) is 11.3. The first kappa shape index (κ1) is 12.5. The maximum Gasteiger partial charge on any atom is 0.310 e. The third-order valence-corrected chi connectivity index (χ3v) is 3.39. The van der Waals surface area contributed by atoms with Crippen molar-refractivity contribution in [3.63, 3.8) is 0 Å². The summed E-state index contributed by atoms with van der Waals surface area (Å²) in [7, 11) is 3.57. The van der Waals surface area contributed by atoms with E-state index in [1.54, 1.807) is 0 Å². The number of carbonyl (C=O) groups excluding carboxylic acids is 1. The van der Waals surface area contributed by atoms with Gasteiger partial charge in [-0.1, -0.05) is 19.8 Å². The predicted molar refractivity (Wildman–Crippen MR) is 60.6 cm³/mol. The van der Waals surface area contributed by atoms with Gasteiger partial charge in [0, 0.05) is 6.54 Å². The molecule has 0 aromatic rings. The van der Waals surface area contributed by atoms with Crippen molar-refractivity contribution in [2.75, 3.05) is 27.2 Å². The summed E-state index contributed by atoms with van der Waals surface area (Å²) in [5, 5.41) is 0. The Kier molecular flexibility index (Phi) is 5.09. The molecule has 0 saturated carbocycles. The number of hydrogen-bond donors (Lipinski definition) is 0. The van der Waals surface area contributed by atoms with Crippen LogP contribution in [0, 0.1) is 11.8 Å². The average molecular weight is 213 g/mol. The lowest BCUT2D eigenvalue weighted by Gasteiger charge is -2.35. The number of likely N-dealkylation sites (tertiary alicyclic amines) is 1. The molecule has 0 unspecified atom stereocenters. The van der Waals surface area contributed by atoms with Gasteiger partial charge in [-0.05, 0) is 32.4 Å². The number of carbonyl (C=O) groups is 1. The summed E-state index contributed by atoms with van der Waals surface area (Å²) < 4.78 is 4.88. The van der Waals surface area contributed by atoms with Gasteiger partial charge in [0.05, 0.1) is 13.0 Å². The molecule has 88 valence electrons. The second kappa shape index (κ2) is 6.11.